The van der Waals surface area contributed by atoms with Crippen LogP contribution < -0.4 is 16.0 Å². The lowest BCUT2D eigenvalue weighted by atomic mass is 10.1. The molecule has 18 heavy (non-hydrogen) atoms. The van der Waals surface area contributed by atoms with Gasteiger partial charge < -0.3 is 16.0 Å². The lowest BCUT2D eigenvalue weighted by molar-refractivity contribution is -0.119. The van der Waals surface area contributed by atoms with Crippen molar-refractivity contribution in [3.05, 3.63) is 23.4 Å². The van der Waals surface area contributed by atoms with Crippen molar-refractivity contribution in [3.63, 3.8) is 0 Å². The van der Waals surface area contributed by atoms with Gasteiger partial charge in [-0.3, -0.25) is 4.79 Å². The number of thiocarbonyl (C=S) groups is 1. The van der Waals surface area contributed by atoms with Gasteiger partial charge in [0.2, 0.25) is 5.91 Å². The molecule has 0 atom stereocenters. The van der Waals surface area contributed by atoms with Crippen molar-refractivity contribution in [2.24, 2.45) is 5.73 Å². The number of amides is 1. The Morgan fingerprint density at radius 3 is 3.11 bits per heavy atom. The third kappa shape index (κ3) is 2.59. The van der Waals surface area contributed by atoms with Crippen molar-refractivity contribution in [3.8, 4) is 0 Å². The largest absolute Gasteiger partial charge is 0.389 e. The normalized spacial score (nSPS) is 16.1. The number of anilines is 1. The minimum atomic E-state index is 0.00435. The highest BCUT2D eigenvalue weighted by atomic mass is 32.1. The molecular formula is C12H16N4OS. The molecule has 3 N–H and O–H groups in total. The van der Waals surface area contributed by atoms with Crippen molar-refractivity contribution in [2.45, 2.75) is 13.3 Å². The lowest BCUT2D eigenvalue weighted by Crippen LogP contribution is -2.35. The molecule has 0 spiro atoms. The van der Waals surface area contributed by atoms with Crippen LogP contribution in [0.25, 0.3) is 0 Å². The van der Waals surface area contributed by atoms with E-state index in [9.17, 15) is 4.79 Å². The van der Waals surface area contributed by atoms with Crippen molar-refractivity contribution in [1.82, 2.24) is 10.3 Å². The van der Waals surface area contributed by atoms with Crippen molar-refractivity contribution >= 4 is 28.9 Å². The first kappa shape index (κ1) is 12.8. The molecule has 2 rings (SSSR count). The Hall–Kier alpha value is -1.69. The number of rotatable bonds is 2. The summed E-state index contributed by atoms with van der Waals surface area (Å²) >= 11 is 5.08. The predicted octanol–water partition coefficient (Wildman–Crippen LogP) is 0.351. The predicted molar refractivity (Wildman–Crippen MR) is 74.7 cm³/mol. The number of carbonyl (C=O) groups excluding carboxylic acids is 1. The van der Waals surface area contributed by atoms with Gasteiger partial charge in [0.25, 0.3) is 0 Å². The average Bonchev–Trinajstić information content (AvgIpc) is 2.53. The van der Waals surface area contributed by atoms with Gasteiger partial charge in [0, 0.05) is 19.3 Å². The van der Waals surface area contributed by atoms with E-state index in [1.165, 1.54) is 0 Å². The van der Waals surface area contributed by atoms with E-state index in [-0.39, 0.29) is 5.91 Å². The summed E-state index contributed by atoms with van der Waals surface area (Å²) < 4.78 is 0. The molecule has 0 saturated carbocycles. The highest BCUT2D eigenvalue weighted by molar-refractivity contribution is 7.80. The summed E-state index contributed by atoms with van der Waals surface area (Å²) in [5.41, 5.74) is 7.51. The number of hydrogen-bond donors (Lipinski definition) is 2. The standard InChI is InChI=1S/C12H16N4OS/c1-8-3-5-15-12(10(8)11(13)18)16-6-2-4-14-9(17)7-16/h3,5H,2,4,6-7H2,1H3,(H2,13,18)(H,14,17). The first-order chi connectivity index (χ1) is 8.59. The van der Waals surface area contributed by atoms with E-state index in [1.807, 2.05) is 17.9 Å². The quantitative estimate of drug-likeness (QED) is 0.754. The highest BCUT2D eigenvalue weighted by Gasteiger charge is 2.20. The van der Waals surface area contributed by atoms with Crippen molar-refractivity contribution in [2.75, 3.05) is 24.5 Å². The van der Waals surface area contributed by atoms with E-state index in [4.69, 9.17) is 18.0 Å². The maximum Gasteiger partial charge on any atom is 0.239 e. The first-order valence-corrected chi connectivity index (χ1v) is 6.27. The van der Waals surface area contributed by atoms with Crippen LogP contribution in [-0.2, 0) is 4.79 Å². The maximum atomic E-state index is 11.6. The van der Waals surface area contributed by atoms with Gasteiger partial charge in [-0.15, -0.1) is 0 Å². The molecule has 1 fully saturated rings. The molecular weight excluding hydrogens is 248 g/mol. The SMILES string of the molecule is Cc1ccnc(N2CCCNC(=O)C2)c1C(N)=S. The van der Waals surface area contributed by atoms with E-state index < -0.39 is 0 Å². The van der Waals surface area contributed by atoms with Crippen LogP contribution in [0.5, 0.6) is 0 Å². The third-order valence-corrected chi connectivity index (χ3v) is 3.15. The molecule has 1 saturated heterocycles. The Bertz CT molecular complexity index is 489. The summed E-state index contributed by atoms with van der Waals surface area (Å²) in [5, 5.41) is 2.84. The molecule has 0 bridgehead atoms. The molecule has 2 heterocycles. The summed E-state index contributed by atoms with van der Waals surface area (Å²) in [7, 11) is 0. The Morgan fingerprint density at radius 2 is 2.39 bits per heavy atom. The number of aromatic nitrogens is 1. The van der Waals surface area contributed by atoms with E-state index in [2.05, 4.69) is 10.3 Å². The molecule has 0 unspecified atom stereocenters. The van der Waals surface area contributed by atoms with E-state index in [0.717, 1.165) is 24.1 Å². The van der Waals surface area contributed by atoms with E-state index in [1.54, 1.807) is 6.20 Å². The fraction of sp³-hybridized carbons (Fsp3) is 0.417. The molecule has 0 aromatic carbocycles. The monoisotopic (exact) mass is 264 g/mol. The van der Waals surface area contributed by atoms with Gasteiger partial charge in [0.1, 0.15) is 10.8 Å². The molecule has 1 amide bonds. The molecule has 1 aliphatic rings. The molecule has 1 aliphatic heterocycles. The fourth-order valence-electron chi connectivity index (χ4n) is 2.08. The zero-order chi connectivity index (χ0) is 13.1. The number of hydrogen-bond acceptors (Lipinski definition) is 4. The van der Waals surface area contributed by atoms with Crippen LogP contribution in [0.1, 0.15) is 17.5 Å². The molecule has 0 radical (unpaired) electrons. The van der Waals surface area contributed by atoms with E-state index in [0.29, 0.717) is 23.9 Å². The summed E-state index contributed by atoms with van der Waals surface area (Å²) in [6.45, 7) is 3.71. The van der Waals surface area contributed by atoms with Crippen molar-refractivity contribution in [1.29, 1.82) is 0 Å². The fourth-order valence-corrected chi connectivity index (χ4v) is 2.33. The summed E-state index contributed by atoms with van der Waals surface area (Å²) in [6.07, 6.45) is 2.60. The summed E-state index contributed by atoms with van der Waals surface area (Å²) in [4.78, 5) is 18.2. The van der Waals surface area contributed by atoms with Crippen LogP contribution >= 0.6 is 12.2 Å². The van der Waals surface area contributed by atoms with Crippen molar-refractivity contribution < 1.29 is 4.79 Å². The number of nitrogens with one attached hydrogen (secondary N) is 1. The van der Waals surface area contributed by atoms with Gasteiger partial charge in [-0.2, -0.15) is 0 Å². The van der Waals surface area contributed by atoms with Gasteiger partial charge in [-0.25, -0.2) is 4.98 Å². The zero-order valence-electron chi connectivity index (χ0n) is 10.3. The Morgan fingerprint density at radius 1 is 1.61 bits per heavy atom. The topological polar surface area (TPSA) is 71.2 Å². The second-order valence-electron chi connectivity index (χ2n) is 4.32. The van der Waals surface area contributed by atoms with E-state index >= 15 is 0 Å². The van der Waals surface area contributed by atoms with Crippen LogP contribution in [0, 0.1) is 6.92 Å². The van der Waals surface area contributed by atoms with Crippen LogP contribution in [0.2, 0.25) is 0 Å². The average molecular weight is 264 g/mol. The minimum Gasteiger partial charge on any atom is -0.389 e. The molecule has 5 nitrogen and oxygen atoms in total. The van der Waals surface area contributed by atoms with Gasteiger partial charge in [-0.1, -0.05) is 12.2 Å². The van der Waals surface area contributed by atoms with Gasteiger partial charge in [-0.05, 0) is 25.0 Å². The number of nitrogens with zero attached hydrogens (tertiary/aromatic N) is 2. The summed E-state index contributed by atoms with van der Waals surface area (Å²) in [6, 6.07) is 1.87. The zero-order valence-corrected chi connectivity index (χ0v) is 11.1. The van der Waals surface area contributed by atoms with Crippen LogP contribution in [0.15, 0.2) is 12.3 Å². The van der Waals surface area contributed by atoms with Crippen LogP contribution in [-0.4, -0.2) is 35.5 Å². The number of carbonyl (C=O) groups is 1. The smallest absolute Gasteiger partial charge is 0.239 e. The molecule has 0 aliphatic carbocycles. The number of pyridine rings is 1. The Balaban J connectivity index is 2.40. The molecule has 1 aromatic heterocycles. The maximum absolute atomic E-state index is 11.6. The lowest BCUT2D eigenvalue weighted by Gasteiger charge is -2.23. The second kappa shape index (κ2) is 5.30. The molecule has 1 aromatic rings. The Kier molecular flexibility index (Phi) is 3.76. The van der Waals surface area contributed by atoms with Crippen LogP contribution in [0.3, 0.4) is 0 Å². The number of aryl methyl sites for hydroxylation is 1. The molecule has 6 heteroatoms. The van der Waals surface area contributed by atoms with Gasteiger partial charge in [0.15, 0.2) is 0 Å². The summed E-state index contributed by atoms with van der Waals surface area (Å²) in [5.74, 6) is 0.712. The Labute approximate surface area is 111 Å². The first-order valence-electron chi connectivity index (χ1n) is 5.86. The highest BCUT2D eigenvalue weighted by Crippen LogP contribution is 2.21. The van der Waals surface area contributed by atoms with Gasteiger partial charge in [0.05, 0.1) is 12.1 Å². The molecule has 96 valence electrons. The minimum absolute atomic E-state index is 0.00435. The number of nitrogens with two attached hydrogens (primary N) is 1. The second-order valence-corrected chi connectivity index (χ2v) is 4.76. The van der Waals surface area contributed by atoms with Gasteiger partial charge >= 0.3 is 0 Å². The third-order valence-electron chi connectivity index (χ3n) is 2.95. The van der Waals surface area contributed by atoms with Crippen LogP contribution in [0.4, 0.5) is 5.82 Å².